The molecule has 5 heteroatoms. The first-order chi connectivity index (χ1) is 9.97. The molecule has 0 unspecified atom stereocenters. The maximum absolute atomic E-state index is 11.7. The van der Waals surface area contributed by atoms with Crippen molar-refractivity contribution in [3.05, 3.63) is 48.0 Å². The Labute approximate surface area is 123 Å². The predicted octanol–water partition coefficient (Wildman–Crippen LogP) is 2.07. The molecular formula is C16H19N3O2. The standard InChI is InChI=1S/C16H19N3O2/c1-10(18-11(2)15(20)19-16(17)21)13-8-7-12-5-3-4-6-14(12)9-13/h3-11,18H,1-2H3,(H3,17,19,20,21)/t10-,11-/m0/s1. The molecule has 0 aliphatic heterocycles. The summed E-state index contributed by atoms with van der Waals surface area (Å²) in [6, 6.07) is 12.9. The van der Waals surface area contributed by atoms with Crippen molar-refractivity contribution in [3.63, 3.8) is 0 Å². The van der Waals surface area contributed by atoms with Gasteiger partial charge in [-0.3, -0.25) is 15.4 Å². The molecule has 0 aliphatic carbocycles. The average molecular weight is 285 g/mol. The van der Waals surface area contributed by atoms with Crippen LogP contribution in [0.4, 0.5) is 4.79 Å². The van der Waals surface area contributed by atoms with Gasteiger partial charge in [-0.05, 0) is 36.2 Å². The first-order valence-electron chi connectivity index (χ1n) is 6.82. The minimum Gasteiger partial charge on any atom is -0.351 e. The molecule has 0 saturated heterocycles. The van der Waals surface area contributed by atoms with Gasteiger partial charge < -0.3 is 5.73 Å². The fraction of sp³-hybridized carbons (Fsp3) is 0.250. The Morgan fingerprint density at radius 1 is 1.05 bits per heavy atom. The number of fused-ring (bicyclic) bond motifs is 1. The third-order valence-electron chi connectivity index (χ3n) is 3.41. The normalized spacial score (nSPS) is 13.6. The number of amides is 3. The highest BCUT2D eigenvalue weighted by molar-refractivity contribution is 5.96. The molecular weight excluding hydrogens is 266 g/mol. The number of nitrogens with one attached hydrogen (secondary N) is 2. The van der Waals surface area contributed by atoms with Gasteiger partial charge >= 0.3 is 6.03 Å². The van der Waals surface area contributed by atoms with Crippen LogP contribution in [0.3, 0.4) is 0 Å². The first kappa shape index (κ1) is 15.0. The summed E-state index contributed by atoms with van der Waals surface area (Å²) in [5, 5.41) is 7.54. The van der Waals surface area contributed by atoms with E-state index in [0.29, 0.717) is 0 Å². The Balaban J connectivity index is 2.09. The maximum Gasteiger partial charge on any atom is 0.318 e. The van der Waals surface area contributed by atoms with Crippen LogP contribution in [0.2, 0.25) is 0 Å². The molecule has 2 atom stereocenters. The van der Waals surface area contributed by atoms with Crippen LogP contribution in [0.1, 0.15) is 25.5 Å². The molecule has 4 N–H and O–H groups in total. The van der Waals surface area contributed by atoms with Crippen molar-refractivity contribution in [1.82, 2.24) is 10.6 Å². The summed E-state index contributed by atoms with van der Waals surface area (Å²) in [6.45, 7) is 3.66. The highest BCUT2D eigenvalue weighted by atomic mass is 16.2. The van der Waals surface area contributed by atoms with E-state index in [9.17, 15) is 9.59 Å². The summed E-state index contributed by atoms with van der Waals surface area (Å²) < 4.78 is 0. The van der Waals surface area contributed by atoms with Gasteiger partial charge in [0.25, 0.3) is 0 Å². The SMILES string of the molecule is C[C@H](N[C@@H](C)c1ccc2ccccc2c1)C(=O)NC(N)=O. The van der Waals surface area contributed by atoms with Gasteiger partial charge in [-0.2, -0.15) is 0 Å². The topological polar surface area (TPSA) is 84.2 Å². The Kier molecular flexibility index (Phi) is 4.55. The van der Waals surface area contributed by atoms with E-state index in [1.165, 1.54) is 5.39 Å². The number of urea groups is 1. The molecule has 110 valence electrons. The molecule has 0 saturated carbocycles. The summed E-state index contributed by atoms with van der Waals surface area (Å²) in [4.78, 5) is 22.3. The molecule has 0 aliphatic rings. The minimum atomic E-state index is -0.841. The third-order valence-corrected chi connectivity index (χ3v) is 3.41. The second-order valence-electron chi connectivity index (χ2n) is 5.07. The molecule has 0 fully saturated rings. The second-order valence-corrected chi connectivity index (χ2v) is 5.07. The molecule has 0 spiro atoms. The number of carbonyl (C=O) groups is 2. The van der Waals surface area contributed by atoms with Gasteiger partial charge in [0.05, 0.1) is 6.04 Å². The summed E-state index contributed by atoms with van der Waals surface area (Å²) in [5.41, 5.74) is 6.01. The number of hydrogen-bond donors (Lipinski definition) is 3. The van der Waals surface area contributed by atoms with Crippen molar-refractivity contribution in [1.29, 1.82) is 0 Å². The minimum absolute atomic E-state index is 0.0248. The van der Waals surface area contributed by atoms with Gasteiger partial charge in [-0.25, -0.2) is 4.79 Å². The summed E-state index contributed by atoms with van der Waals surface area (Å²) in [6.07, 6.45) is 0. The lowest BCUT2D eigenvalue weighted by Crippen LogP contribution is -2.47. The molecule has 0 radical (unpaired) electrons. The molecule has 2 aromatic rings. The van der Waals surface area contributed by atoms with Gasteiger partial charge in [0.1, 0.15) is 0 Å². The summed E-state index contributed by atoms with van der Waals surface area (Å²) >= 11 is 0. The van der Waals surface area contributed by atoms with Gasteiger partial charge in [0.15, 0.2) is 0 Å². The highest BCUT2D eigenvalue weighted by Crippen LogP contribution is 2.20. The smallest absolute Gasteiger partial charge is 0.318 e. The van der Waals surface area contributed by atoms with E-state index in [1.807, 2.05) is 25.1 Å². The van der Waals surface area contributed by atoms with Crippen LogP contribution in [-0.4, -0.2) is 18.0 Å². The molecule has 0 aromatic heterocycles. The molecule has 2 rings (SSSR count). The molecule has 21 heavy (non-hydrogen) atoms. The lowest BCUT2D eigenvalue weighted by Gasteiger charge is -2.19. The largest absolute Gasteiger partial charge is 0.351 e. The van der Waals surface area contributed by atoms with Crippen molar-refractivity contribution in [3.8, 4) is 0 Å². The number of hydrogen-bond acceptors (Lipinski definition) is 3. The molecule has 5 nitrogen and oxygen atoms in total. The van der Waals surface area contributed by atoms with Crippen LogP contribution in [-0.2, 0) is 4.79 Å². The molecule has 0 heterocycles. The zero-order valence-electron chi connectivity index (χ0n) is 12.1. The van der Waals surface area contributed by atoms with Crippen LogP contribution in [0, 0.1) is 0 Å². The van der Waals surface area contributed by atoms with Gasteiger partial charge in [-0.15, -0.1) is 0 Å². The third kappa shape index (κ3) is 3.79. The Morgan fingerprint density at radius 2 is 1.71 bits per heavy atom. The lowest BCUT2D eigenvalue weighted by atomic mass is 10.0. The second kappa shape index (κ2) is 6.37. The molecule has 0 bridgehead atoms. The Morgan fingerprint density at radius 3 is 2.38 bits per heavy atom. The summed E-state index contributed by atoms with van der Waals surface area (Å²) in [7, 11) is 0. The number of carbonyl (C=O) groups excluding carboxylic acids is 2. The van der Waals surface area contributed by atoms with E-state index in [2.05, 4.69) is 34.9 Å². The fourth-order valence-electron chi connectivity index (χ4n) is 2.25. The van der Waals surface area contributed by atoms with Crippen LogP contribution < -0.4 is 16.4 Å². The Bertz CT molecular complexity index is 669. The first-order valence-corrected chi connectivity index (χ1v) is 6.82. The zero-order chi connectivity index (χ0) is 15.4. The zero-order valence-corrected chi connectivity index (χ0v) is 12.1. The van der Waals surface area contributed by atoms with Crippen molar-refractivity contribution >= 4 is 22.7 Å². The maximum atomic E-state index is 11.7. The number of primary amides is 1. The van der Waals surface area contributed by atoms with E-state index < -0.39 is 18.0 Å². The van der Waals surface area contributed by atoms with E-state index in [-0.39, 0.29) is 6.04 Å². The van der Waals surface area contributed by atoms with Crippen molar-refractivity contribution in [2.75, 3.05) is 0 Å². The van der Waals surface area contributed by atoms with Gasteiger partial charge in [0, 0.05) is 6.04 Å². The van der Waals surface area contributed by atoms with E-state index in [0.717, 1.165) is 10.9 Å². The van der Waals surface area contributed by atoms with E-state index >= 15 is 0 Å². The molecule has 2 aromatic carbocycles. The monoisotopic (exact) mass is 285 g/mol. The van der Waals surface area contributed by atoms with Crippen molar-refractivity contribution in [2.24, 2.45) is 5.73 Å². The average Bonchev–Trinajstić information content (AvgIpc) is 2.45. The van der Waals surface area contributed by atoms with Gasteiger partial charge in [0.2, 0.25) is 5.91 Å². The van der Waals surface area contributed by atoms with Gasteiger partial charge in [-0.1, -0.05) is 36.4 Å². The van der Waals surface area contributed by atoms with Crippen molar-refractivity contribution in [2.45, 2.75) is 25.9 Å². The predicted molar refractivity (Wildman–Crippen MR) is 82.7 cm³/mol. The number of rotatable bonds is 4. The van der Waals surface area contributed by atoms with E-state index in [1.54, 1.807) is 6.92 Å². The number of imide groups is 1. The number of benzene rings is 2. The fourth-order valence-corrected chi connectivity index (χ4v) is 2.25. The molecule has 3 amide bonds. The van der Waals surface area contributed by atoms with Crippen LogP contribution in [0.15, 0.2) is 42.5 Å². The van der Waals surface area contributed by atoms with E-state index in [4.69, 9.17) is 5.73 Å². The van der Waals surface area contributed by atoms with Crippen LogP contribution >= 0.6 is 0 Å². The highest BCUT2D eigenvalue weighted by Gasteiger charge is 2.17. The lowest BCUT2D eigenvalue weighted by molar-refractivity contribution is -0.121. The Hall–Kier alpha value is -2.40. The summed E-state index contributed by atoms with van der Waals surface area (Å²) in [5.74, 6) is -0.435. The quantitative estimate of drug-likeness (QED) is 0.804. The number of nitrogens with two attached hydrogens (primary N) is 1. The van der Waals surface area contributed by atoms with Crippen molar-refractivity contribution < 1.29 is 9.59 Å². The van der Waals surface area contributed by atoms with Crippen LogP contribution in [0.25, 0.3) is 10.8 Å². The van der Waals surface area contributed by atoms with Crippen LogP contribution in [0.5, 0.6) is 0 Å².